The minimum absolute atomic E-state index is 0.0466. The zero-order valence-corrected chi connectivity index (χ0v) is 18.5. The van der Waals surface area contributed by atoms with Gasteiger partial charge in [-0.2, -0.15) is 0 Å². The van der Waals surface area contributed by atoms with Crippen LogP contribution in [-0.4, -0.2) is 57.8 Å². The van der Waals surface area contributed by atoms with Crippen molar-refractivity contribution < 1.29 is 27.5 Å². The molecule has 30 heavy (non-hydrogen) atoms. The number of nitrogens with one attached hydrogen (secondary N) is 2. The Kier molecular flexibility index (Phi) is 8.63. The first-order chi connectivity index (χ1) is 14.1. The van der Waals surface area contributed by atoms with Crippen molar-refractivity contribution in [1.82, 2.24) is 9.62 Å². The number of nitrogens with zero attached hydrogens (tertiary/aromatic N) is 1. The highest BCUT2D eigenvalue weighted by Crippen LogP contribution is 2.26. The number of hydrogen-bond donors (Lipinski definition) is 2. The third-order valence-electron chi connectivity index (χ3n) is 4.74. The highest BCUT2D eigenvalue weighted by atomic mass is 35.5. The van der Waals surface area contributed by atoms with E-state index < -0.39 is 28.5 Å². The molecule has 2 amide bonds. The minimum atomic E-state index is -3.70. The van der Waals surface area contributed by atoms with Crippen molar-refractivity contribution in [3.8, 4) is 0 Å². The summed E-state index contributed by atoms with van der Waals surface area (Å²) in [5.74, 6) is -1.70. The lowest BCUT2D eigenvalue weighted by molar-refractivity contribution is -0.147. The average Bonchev–Trinajstić information content (AvgIpc) is 2.72. The van der Waals surface area contributed by atoms with E-state index in [0.29, 0.717) is 0 Å². The van der Waals surface area contributed by atoms with Crippen LogP contribution in [0.1, 0.15) is 32.1 Å². The molecule has 166 valence electrons. The zero-order valence-electron chi connectivity index (χ0n) is 16.9. The number of ether oxygens (including phenoxy) is 1. The van der Waals surface area contributed by atoms with Crippen LogP contribution >= 0.6 is 11.6 Å². The van der Waals surface area contributed by atoms with E-state index >= 15 is 0 Å². The summed E-state index contributed by atoms with van der Waals surface area (Å²) in [4.78, 5) is 35.8. The van der Waals surface area contributed by atoms with Crippen LogP contribution in [0.25, 0.3) is 0 Å². The van der Waals surface area contributed by atoms with E-state index in [1.54, 1.807) is 0 Å². The van der Waals surface area contributed by atoms with Gasteiger partial charge >= 0.3 is 5.97 Å². The summed E-state index contributed by atoms with van der Waals surface area (Å²) in [5.41, 5.74) is 0.0752. The Morgan fingerprint density at radius 3 is 2.47 bits per heavy atom. The Labute approximate surface area is 181 Å². The van der Waals surface area contributed by atoms with E-state index in [0.717, 1.165) is 36.4 Å². The second kappa shape index (κ2) is 10.7. The number of amides is 2. The molecule has 0 spiro atoms. The number of rotatable bonds is 8. The molecule has 0 aromatic heterocycles. The van der Waals surface area contributed by atoms with Gasteiger partial charge < -0.3 is 15.4 Å². The standard InChI is InChI=1S/C19H26ClN3O6S/c1-23(2)30(27,28)14-8-9-15(20)16(10-14)22-17(24)12-29-18(25)11-21-19(26)13-6-4-3-5-7-13/h8-10,13H,3-7,11-12H2,1-2H3,(H,21,26)(H,22,24). The molecule has 9 nitrogen and oxygen atoms in total. The van der Waals surface area contributed by atoms with Gasteiger partial charge in [0.15, 0.2) is 6.61 Å². The van der Waals surface area contributed by atoms with E-state index in [2.05, 4.69) is 10.6 Å². The molecule has 1 aliphatic rings. The van der Waals surface area contributed by atoms with Crippen LogP contribution in [-0.2, 0) is 29.1 Å². The number of halogens is 1. The third-order valence-corrected chi connectivity index (χ3v) is 6.88. The van der Waals surface area contributed by atoms with Gasteiger partial charge in [0.05, 0.1) is 15.6 Å². The quantitative estimate of drug-likeness (QED) is 0.571. The summed E-state index contributed by atoms with van der Waals surface area (Å²) in [6.07, 6.45) is 4.75. The van der Waals surface area contributed by atoms with E-state index in [-0.39, 0.29) is 34.0 Å². The molecular weight excluding hydrogens is 434 g/mol. The predicted octanol–water partition coefficient (Wildman–Crippen LogP) is 1.77. The van der Waals surface area contributed by atoms with Crippen molar-refractivity contribution >= 4 is 45.1 Å². The molecule has 0 aliphatic heterocycles. The van der Waals surface area contributed by atoms with Crippen LogP contribution in [0, 0.1) is 5.92 Å². The molecular formula is C19H26ClN3O6S. The molecule has 0 atom stereocenters. The van der Waals surface area contributed by atoms with Crippen LogP contribution in [0.3, 0.4) is 0 Å². The van der Waals surface area contributed by atoms with Gasteiger partial charge in [-0.25, -0.2) is 12.7 Å². The van der Waals surface area contributed by atoms with E-state index in [9.17, 15) is 22.8 Å². The first-order valence-corrected chi connectivity index (χ1v) is 11.4. The number of sulfonamides is 1. The maximum atomic E-state index is 12.2. The fourth-order valence-corrected chi connectivity index (χ4v) is 4.12. The molecule has 1 aromatic rings. The van der Waals surface area contributed by atoms with Gasteiger partial charge in [0, 0.05) is 20.0 Å². The Bertz CT molecular complexity index is 898. The molecule has 2 rings (SSSR count). The van der Waals surface area contributed by atoms with Gasteiger partial charge in [-0.1, -0.05) is 30.9 Å². The molecule has 0 heterocycles. The van der Waals surface area contributed by atoms with Crippen molar-refractivity contribution in [3.63, 3.8) is 0 Å². The topological polar surface area (TPSA) is 122 Å². The molecule has 1 fully saturated rings. The minimum Gasteiger partial charge on any atom is -0.454 e. The Morgan fingerprint density at radius 2 is 1.83 bits per heavy atom. The van der Waals surface area contributed by atoms with Crippen LogP contribution < -0.4 is 10.6 Å². The highest BCUT2D eigenvalue weighted by Gasteiger charge is 2.22. The summed E-state index contributed by atoms with van der Waals surface area (Å²) < 4.78 is 30.3. The number of esters is 1. The highest BCUT2D eigenvalue weighted by molar-refractivity contribution is 7.89. The van der Waals surface area contributed by atoms with Crippen LogP contribution in [0.5, 0.6) is 0 Å². The van der Waals surface area contributed by atoms with Gasteiger partial charge in [0.2, 0.25) is 15.9 Å². The van der Waals surface area contributed by atoms with Gasteiger partial charge in [0.1, 0.15) is 6.54 Å². The SMILES string of the molecule is CN(C)S(=O)(=O)c1ccc(Cl)c(NC(=O)COC(=O)CNC(=O)C2CCCCC2)c1. The van der Waals surface area contributed by atoms with Gasteiger partial charge in [-0.15, -0.1) is 0 Å². The fourth-order valence-electron chi connectivity index (χ4n) is 3.02. The van der Waals surface area contributed by atoms with E-state index in [1.807, 2.05) is 0 Å². The van der Waals surface area contributed by atoms with Crippen molar-refractivity contribution in [2.45, 2.75) is 37.0 Å². The number of carbonyl (C=O) groups is 3. The van der Waals surface area contributed by atoms with Gasteiger partial charge in [-0.3, -0.25) is 14.4 Å². The maximum Gasteiger partial charge on any atom is 0.325 e. The fraction of sp³-hybridized carbons (Fsp3) is 0.526. The summed E-state index contributed by atoms with van der Waals surface area (Å²) >= 11 is 6.01. The molecule has 1 aliphatic carbocycles. The first kappa shape index (κ1) is 24.1. The van der Waals surface area contributed by atoms with Crippen molar-refractivity contribution in [3.05, 3.63) is 23.2 Å². The number of carbonyl (C=O) groups excluding carboxylic acids is 3. The van der Waals surface area contributed by atoms with E-state index in [4.69, 9.17) is 16.3 Å². The number of anilines is 1. The van der Waals surface area contributed by atoms with Gasteiger partial charge in [0.25, 0.3) is 5.91 Å². The van der Waals surface area contributed by atoms with Gasteiger partial charge in [-0.05, 0) is 31.0 Å². The summed E-state index contributed by atoms with van der Waals surface area (Å²) in [7, 11) is -0.938. The first-order valence-electron chi connectivity index (χ1n) is 9.56. The second-order valence-corrected chi connectivity index (χ2v) is 9.75. The molecule has 1 aromatic carbocycles. The maximum absolute atomic E-state index is 12.2. The zero-order chi connectivity index (χ0) is 22.3. The molecule has 11 heteroatoms. The molecule has 0 unspecified atom stereocenters. The average molecular weight is 460 g/mol. The normalized spacial score (nSPS) is 14.9. The largest absolute Gasteiger partial charge is 0.454 e. The lowest BCUT2D eigenvalue weighted by Crippen LogP contribution is -2.36. The molecule has 1 saturated carbocycles. The number of benzene rings is 1. The molecule has 0 bridgehead atoms. The summed E-state index contributed by atoms with van der Waals surface area (Å²) in [5, 5.41) is 5.08. The molecule has 0 radical (unpaired) electrons. The summed E-state index contributed by atoms with van der Waals surface area (Å²) in [6.45, 7) is -0.918. The van der Waals surface area contributed by atoms with Crippen molar-refractivity contribution in [2.24, 2.45) is 5.92 Å². The lowest BCUT2D eigenvalue weighted by atomic mass is 9.89. The Balaban J connectivity index is 1.84. The Hall–Kier alpha value is -2.17. The molecule has 0 saturated heterocycles. The lowest BCUT2D eigenvalue weighted by Gasteiger charge is -2.20. The van der Waals surface area contributed by atoms with Crippen LogP contribution in [0.15, 0.2) is 23.1 Å². The predicted molar refractivity (Wildman–Crippen MR) is 111 cm³/mol. The number of hydrogen-bond acceptors (Lipinski definition) is 6. The van der Waals surface area contributed by atoms with Crippen LogP contribution in [0.4, 0.5) is 5.69 Å². The van der Waals surface area contributed by atoms with Crippen LogP contribution in [0.2, 0.25) is 5.02 Å². The second-order valence-electron chi connectivity index (χ2n) is 7.19. The Morgan fingerprint density at radius 1 is 1.17 bits per heavy atom. The van der Waals surface area contributed by atoms with Crippen molar-refractivity contribution in [1.29, 1.82) is 0 Å². The summed E-state index contributed by atoms with van der Waals surface area (Å²) in [6, 6.07) is 3.89. The smallest absolute Gasteiger partial charge is 0.325 e. The van der Waals surface area contributed by atoms with Crippen molar-refractivity contribution in [2.75, 3.05) is 32.6 Å². The molecule has 2 N–H and O–H groups in total. The third kappa shape index (κ3) is 6.68. The van der Waals surface area contributed by atoms with E-state index in [1.165, 1.54) is 32.3 Å². The monoisotopic (exact) mass is 459 g/mol.